The fourth-order valence-corrected chi connectivity index (χ4v) is 1.89. The lowest BCUT2D eigenvalue weighted by Crippen LogP contribution is -2.17. The number of carboxylic acids is 2. The summed E-state index contributed by atoms with van der Waals surface area (Å²) in [7, 11) is 0. The first-order valence-electron chi connectivity index (χ1n) is 7.66. The molecule has 0 aliphatic carbocycles. The summed E-state index contributed by atoms with van der Waals surface area (Å²) in [5.41, 5.74) is 2.25. The third-order valence-electron chi connectivity index (χ3n) is 3.04. The summed E-state index contributed by atoms with van der Waals surface area (Å²) in [6, 6.07) is 15.6. The summed E-state index contributed by atoms with van der Waals surface area (Å²) < 4.78 is 5.71. The van der Waals surface area contributed by atoms with Crippen LogP contribution in [0.15, 0.2) is 48.5 Å². The molecule has 0 amide bonds. The van der Waals surface area contributed by atoms with E-state index in [2.05, 4.69) is 5.32 Å². The number of nitrogens with one attached hydrogen (secondary N) is 1. The van der Waals surface area contributed by atoms with Gasteiger partial charge < -0.3 is 25.4 Å². The van der Waals surface area contributed by atoms with Gasteiger partial charge in [-0.3, -0.25) is 0 Å². The van der Waals surface area contributed by atoms with Crippen molar-refractivity contribution in [1.82, 2.24) is 5.32 Å². The first-order valence-corrected chi connectivity index (χ1v) is 8.04. The summed E-state index contributed by atoms with van der Waals surface area (Å²) in [4.78, 5) is 18.2. The summed E-state index contributed by atoms with van der Waals surface area (Å²) in [5, 5.41) is 27.3. The normalized spacial score (nSPS) is 9.77. The molecule has 0 saturated heterocycles. The van der Waals surface area contributed by atoms with Gasteiger partial charge in [-0.15, -0.1) is 0 Å². The highest BCUT2D eigenvalue weighted by Gasteiger charge is 2.04. The maximum absolute atomic E-state index is 9.10. The lowest BCUT2D eigenvalue weighted by Gasteiger charge is -2.08. The van der Waals surface area contributed by atoms with Gasteiger partial charge in [0, 0.05) is 18.1 Å². The molecular formula is C18H20ClNO6. The Hall–Kier alpha value is -2.61. The zero-order valence-electron chi connectivity index (χ0n) is 13.9. The summed E-state index contributed by atoms with van der Waals surface area (Å²) in [6.07, 6.45) is 0. The van der Waals surface area contributed by atoms with Gasteiger partial charge in [0.1, 0.15) is 12.4 Å². The monoisotopic (exact) mass is 381 g/mol. The number of carbonyl (C=O) groups is 2. The quantitative estimate of drug-likeness (QED) is 0.429. The Morgan fingerprint density at radius 1 is 0.923 bits per heavy atom. The van der Waals surface area contributed by atoms with E-state index >= 15 is 0 Å². The zero-order valence-corrected chi connectivity index (χ0v) is 14.6. The van der Waals surface area contributed by atoms with Crippen molar-refractivity contribution in [3.63, 3.8) is 0 Å². The molecule has 0 bridgehead atoms. The van der Waals surface area contributed by atoms with Crippen LogP contribution < -0.4 is 10.1 Å². The first kappa shape index (κ1) is 21.4. The number of hydrogen-bond acceptors (Lipinski definition) is 5. The third kappa shape index (κ3) is 9.03. The van der Waals surface area contributed by atoms with E-state index in [1.165, 1.54) is 0 Å². The Balaban J connectivity index is 0.000000487. The molecule has 0 unspecified atom stereocenters. The van der Waals surface area contributed by atoms with Gasteiger partial charge in [-0.05, 0) is 35.4 Å². The van der Waals surface area contributed by atoms with Crippen LogP contribution in [0.5, 0.6) is 5.75 Å². The molecule has 4 N–H and O–H groups in total. The van der Waals surface area contributed by atoms with Crippen molar-refractivity contribution < 1.29 is 29.6 Å². The van der Waals surface area contributed by atoms with Crippen molar-refractivity contribution in [3.8, 4) is 5.75 Å². The Bertz CT molecular complexity index is 676. The number of aliphatic hydroxyl groups excluding tert-OH is 1. The molecule has 0 heterocycles. The highest BCUT2D eigenvalue weighted by atomic mass is 35.5. The van der Waals surface area contributed by atoms with E-state index in [1.54, 1.807) is 0 Å². The fraction of sp³-hybridized carbons (Fsp3) is 0.222. The average molecular weight is 382 g/mol. The predicted molar refractivity (Wildman–Crippen MR) is 96.3 cm³/mol. The highest BCUT2D eigenvalue weighted by molar-refractivity contribution is 6.30. The summed E-state index contributed by atoms with van der Waals surface area (Å²) in [5.74, 6) is -2.81. The van der Waals surface area contributed by atoms with Gasteiger partial charge in [0.25, 0.3) is 0 Å². The lowest BCUT2D eigenvalue weighted by atomic mass is 10.2. The molecule has 0 fully saturated rings. The Morgan fingerprint density at radius 3 is 1.96 bits per heavy atom. The minimum Gasteiger partial charge on any atom is -0.489 e. The van der Waals surface area contributed by atoms with Crippen LogP contribution in [0.3, 0.4) is 0 Å². The van der Waals surface area contributed by atoms with Crippen molar-refractivity contribution >= 4 is 23.5 Å². The first-order chi connectivity index (χ1) is 12.4. The molecule has 0 aliphatic rings. The van der Waals surface area contributed by atoms with E-state index in [0.717, 1.165) is 28.4 Å². The van der Waals surface area contributed by atoms with Crippen molar-refractivity contribution in [2.45, 2.75) is 13.2 Å². The van der Waals surface area contributed by atoms with Crippen LogP contribution in [0.2, 0.25) is 5.02 Å². The minimum absolute atomic E-state index is 0.155. The minimum atomic E-state index is -1.82. The SMILES string of the molecule is O=C(O)C(=O)O.OCCNCc1ccc(OCc2ccc(Cl)cc2)cc1. The maximum atomic E-state index is 9.10. The van der Waals surface area contributed by atoms with Crippen LogP contribution in [0.1, 0.15) is 11.1 Å². The number of benzene rings is 2. The molecule has 2 aromatic carbocycles. The van der Waals surface area contributed by atoms with Crippen LogP contribution in [0, 0.1) is 0 Å². The van der Waals surface area contributed by atoms with E-state index in [0.29, 0.717) is 13.2 Å². The number of hydrogen-bond donors (Lipinski definition) is 4. The van der Waals surface area contributed by atoms with Crippen LogP contribution in [0.25, 0.3) is 0 Å². The largest absolute Gasteiger partial charge is 0.489 e. The predicted octanol–water partition coefficient (Wildman–Crippen LogP) is 2.16. The van der Waals surface area contributed by atoms with Gasteiger partial charge in [-0.1, -0.05) is 35.9 Å². The molecule has 0 atom stereocenters. The van der Waals surface area contributed by atoms with Gasteiger partial charge in [-0.25, -0.2) is 9.59 Å². The highest BCUT2D eigenvalue weighted by Crippen LogP contribution is 2.15. The molecule has 26 heavy (non-hydrogen) atoms. The Labute approximate surface area is 155 Å². The van der Waals surface area contributed by atoms with Crippen molar-refractivity contribution in [3.05, 3.63) is 64.7 Å². The topological polar surface area (TPSA) is 116 Å². The second kappa shape index (κ2) is 11.9. The van der Waals surface area contributed by atoms with Crippen molar-refractivity contribution in [1.29, 1.82) is 0 Å². The van der Waals surface area contributed by atoms with Crippen molar-refractivity contribution in [2.24, 2.45) is 0 Å². The molecule has 0 radical (unpaired) electrons. The number of aliphatic hydroxyl groups is 1. The lowest BCUT2D eigenvalue weighted by molar-refractivity contribution is -0.159. The fourth-order valence-electron chi connectivity index (χ4n) is 1.76. The molecule has 0 spiro atoms. The van der Waals surface area contributed by atoms with E-state index in [-0.39, 0.29) is 6.61 Å². The molecule has 140 valence electrons. The van der Waals surface area contributed by atoms with Gasteiger partial charge in [0.05, 0.1) is 6.61 Å². The van der Waals surface area contributed by atoms with E-state index in [1.807, 2.05) is 48.5 Å². The average Bonchev–Trinajstić information content (AvgIpc) is 2.63. The smallest absolute Gasteiger partial charge is 0.414 e. The zero-order chi connectivity index (χ0) is 19.4. The number of rotatable bonds is 7. The van der Waals surface area contributed by atoms with Crippen molar-refractivity contribution in [2.75, 3.05) is 13.2 Å². The van der Waals surface area contributed by atoms with Crippen LogP contribution in [0.4, 0.5) is 0 Å². The van der Waals surface area contributed by atoms with Crippen LogP contribution >= 0.6 is 11.6 Å². The number of carboxylic acid groups (broad SMARTS) is 2. The van der Waals surface area contributed by atoms with Gasteiger partial charge in [-0.2, -0.15) is 0 Å². The van der Waals surface area contributed by atoms with Gasteiger partial charge in [0.15, 0.2) is 0 Å². The number of halogens is 1. The Morgan fingerprint density at radius 2 is 1.46 bits per heavy atom. The number of ether oxygens (including phenoxy) is 1. The third-order valence-corrected chi connectivity index (χ3v) is 3.29. The summed E-state index contributed by atoms with van der Waals surface area (Å²) in [6.45, 7) is 2.04. The molecule has 0 aromatic heterocycles. The molecule has 0 saturated carbocycles. The molecule has 2 aromatic rings. The standard InChI is InChI=1S/C16H18ClNO2.C2H2O4/c17-15-5-1-14(2-6-15)12-20-16-7-3-13(4-8-16)11-18-9-10-19;3-1(4)2(5)6/h1-8,18-19H,9-12H2;(H,3,4)(H,5,6). The van der Waals surface area contributed by atoms with Crippen LogP contribution in [-0.2, 0) is 22.7 Å². The second-order valence-corrected chi connectivity index (χ2v) is 5.51. The van der Waals surface area contributed by atoms with E-state index in [9.17, 15) is 0 Å². The molecule has 7 nitrogen and oxygen atoms in total. The summed E-state index contributed by atoms with van der Waals surface area (Å²) >= 11 is 5.84. The second-order valence-electron chi connectivity index (χ2n) is 5.07. The van der Waals surface area contributed by atoms with E-state index in [4.69, 9.17) is 41.2 Å². The Kier molecular flexibility index (Phi) is 9.78. The van der Waals surface area contributed by atoms with E-state index < -0.39 is 11.9 Å². The molecule has 8 heteroatoms. The van der Waals surface area contributed by atoms with Gasteiger partial charge >= 0.3 is 11.9 Å². The molecule has 2 rings (SSSR count). The maximum Gasteiger partial charge on any atom is 0.414 e. The molecule has 0 aliphatic heterocycles. The van der Waals surface area contributed by atoms with Crippen LogP contribution in [-0.4, -0.2) is 40.4 Å². The van der Waals surface area contributed by atoms with Gasteiger partial charge in [0.2, 0.25) is 0 Å². The number of aliphatic carboxylic acids is 2. The molecular weight excluding hydrogens is 362 g/mol.